The first-order valence-corrected chi connectivity index (χ1v) is 7.32. The van der Waals surface area contributed by atoms with Crippen LogP contribution in [0.2, 0.25) is 0 Å². The average molecular weight is 465 g/mol. The van der Waals surface area contributed by atoms with Gasteiger partial charge in [0, 0.05) is 21.5 Å². The van der Waals surface area contributed by atoms with Crippen LogP contribution < -0.4 is 4.74 Å². The van der Waals surface area contributed by atoms with Crippen molar-refractivity contribution in [1.29, 1.82) is 0 Å². The van der Waals surface area contributed by atoms with Gasteiger partial charge in [-0.25, -0.2) is 0 Å². The van der Waals surface area contributed by atoms with Crippen LogP contribution in [-0.2, 0) is 6.61 Å². The van der Waals surface area contributed by atoms with Gasteiger partial charge < -0.3 is 4.74 Å². The van der Waals surface area contributed by atoms with Crippen molar-refractivity contribution in [1.82, 2.24) is 4.98 Å². The Labute approximate surface area is 132 Å². The molecule has 0 aliphatic carbocycles. The highest BCUT2D eigenvalue weighted by molar-refractivity contribution is 14.1. The fraction of sp³-hybridized carbons (Fsp3) is 0.0769. The Balaban J connectivity index is 2.21. The lowest BCUT2D eigenvalue weighted by atomic mass is 10.2. The third-order valence-corrected chi connectivity index (χ3v) is 3.69. The summed E-state index contributed by atoms with van der Waals surface area (Å²) in [5.41, 5.74) is 1.55. The van der Waals surface area contributed by atoms with Crippen LogP contribution in [0.5, 0.6) is 5.75 Å². The number of halogens is 2. The van der Waals surface area contributed by atoms with Crippen LogP contribution in [0.3, 0.4) is 0 Å². The van der Waals surface area contributed by atoms with Crippen molar-refractivity contribution in [2.45, 2.75) is 6.61 Å². The van der Waals surface area contributed by atoms with Crippen LogP contribution >= 0.6 is 45.2 Å². The van der Waals surface area contributed by atoms with E-state index in [0.29, 0.717) is 17.9 Å². The van der Waals surface area contributed by atoms with Gasteiger partial charge in [0.2, 0.25) is 0 Å². The van der Waals surface area contributed by atoms with Crippen LogP contribution in [0.1, 0.15) is 15.9 Å². The van der Waals surface area contributed by atoms with Crippen LogP contribution in [-0.4, -0.2) is 11.3 Å². The molecule has 0 unspecified atom stereocenters. The van der Waals surface area contributed by atoms with E-state index in [2.05, 4.69) is 50.2 Å². The number of ether oxygens (including phenoxy) is 1. The summed E-state index contributed by atoms with van der Waals surface area (Å²) in [4.78, 5) is 15.1. The molecule has 0 atom stereocenters. The second kappa shape index (κ2) is 6.46. The Morgan fingerprint density at radius 3 is 2.83 bits per heavy atom. The lowest BCUT2D eigenvalue weighted by Gasteiger charge is -2.11. The lowest BCUT2D eigenvalue weighted by molar-refractivity contribution is 0.111. The zero-order valence-electron chi connectivity index (χ0n) is 9.27. The van der Waals surface area contributed by atoms with Crippen molar-refractivity contribution >= 4 is 51.5 Å². The summed E-state index contributed by atoms with van der Waals surface area (Å²) < 4.78 is 7.67. The maximum absolute atomic E-state index is 11.0. The Bertz CT molecular complexity index is 558. The topological polar surface area (TPSA) is 39.2 Å². The highest BCUT2D eigenvalue weighted by Crippen LogP contribution is 2.27. The highest BCUT2D eigenvalue weighted by atomic mass is 127. The Hall–Kier alpha value is -0.700. The van der Waals surface area contributed by atoms with Gasteiger partial charge in [-0.1, -0.05) is 6.07 Å². The number of pyridine rings is 1. The first kappa shape index (κ1) is 13.7. The molecule has 0 fully saturated rings. The predicted octanol–water partition coefficient (Wildman–Crippen LogP) is 3.68. The molecule has 0 bridgehead atoms. The molecule has 0 saturated carbocycles. The molecular weight excluding hydrogens is 456 g/mol. The molecule has 2 rings (SSSR count). The summed E-state index contributed by atoms with van der Waals surface area (Å²) in [5, 5.41) is 0. The summed E-state index contributed by atoms with van der Waals surface area (Å²) in [6.45, 7) is 0.408. The number of aldehydes is 1. The summed E-state index contributed by atoms with van der Waals surface area (Å²) in [5.74, 6) is 0.634. The lowest BCUT2D eigenvalue weighted by Crippen LogP contribution is -2.01. The number of hydrogen-bond acceptors (Lipinski definition) is 3. The van der Waals surface area contributed by atoms with E-state index in [4.69, 9.17) is 4.74 Å². The monoisotopic (exact) mass is 465 g/mol. The Kier molecular flexibility index (Phi) is 4.93. The third kappa shape index (κ3) is 3.41. The molecule has 0 amide bonds. The SMILES string of the molecule is O=Cc1cc(I)cc(I)c1OCc1cccnc1. The molecule has 1 aromatic heterocycles. The molecule has 0 radical (unpaired) electrons. The van der Waals surface area contributed by atoms with Gasteiger partial charge in [-0.05, 0) is 63.4 Å². The van der Waals surface area contributed by atoms with Crippen molar-refractivity contribution in [3.63, 3.8) is 0 Å². The molecular formula is C13H9I2NO2. The van der Waals surface area contributed by atoms with Crippen molar-refractivity contribution < 1.29 is 9.53 Å². The molecule has 5 heteroatoms. The van der Waals surface area contributed by atoms with Gasteiger partial charge in [-0.2, -0.15) is 0 Å². The number of carbonyl (C=O) groups is 1. The molecule has 0 N–H and O–H groups in total. The normalized spacial score (nSPS) is 10.1. The first-order valence-electron chi connectivity index (χ1n) is 5.16. The van der Waals surface area contributed by atoms with Crippen molar-refractivity contribution in [3.8, 4) is 5.75 Å². The van der Waals surface area contributed by atoms with Crippen LogP contribution in [0, 0.1) is 7.14 Å². The van der Waals surface area contributed by atoms with Crippen molar-refractivity contribution in [2.24, 2.45) is 0 Å². The van der Waals surface area contributed by atoms with Gasteiger partial charge in [0.05, 0.1) is 9.13 Å². The molecule has 3 nitrogen and oxygen atoms in total. The molecule has 0 aliphatic rings. The minimum Gasteiger partial charge on any atom is -0.487 e. The summed E-state index contributed by atoms with van der Waals surface area (Å²) in [7, 11) is 0. The smallest absolute Gasteiger partial charge is 0.153 e. The highest BCUT2D eigenvalue weighted by Gasteiger charge is 2.09. The molecule has 92 valence electrons. The average Bonchev–Trinajstić information content (AvgIpc) is 2.38. The number of benzene rings is 1. The van der Waals surface area contributed by atoms with Gasteiger partial charge in [0.15, 0.2) is 6.29 Å². The summed E-state index contributed by atoms with van der Waals surface area (Å²) >= 11 is 4.36. The van der Waals surface area contributed by atoms with Crippen LogP contribution in [0.15, 0.2) is 36.7 Å². The van der Waals surface area contributed by atoms with Gasteiger partial charge >= 0.3 is 0 Å². The molecule has 18 heavy (non-hydrogen) atoms. The standard InChI is InChI=1S/C13H9I2NO2/c14-11-4-10(7-17)13(12(15)5-11)18-8-9-2-1-3-16-6-9/h1-7H,8H2. The first-order chi connectivity index (χ1) is 8.70. The van der Waals surface area contributed by atoms with Gasteiger partial charge in [0.25, 0.3) is 0 Å². The van der Waals surface area contributed by atoms with Gasteiger partial charge in [-0.3, -0.25) is 9.78 Å². The fourth-order valence-corrected chi connectivity index (χ4v) is 3.50. The van der Waals surface area contributed by atoms with E-state index < -0.39 is 0 Å². The summed E-state index contributed by atoms with van der Waals surface area (Å²) in [6, 6.07) is 7.59. The van der Waals surface area contributed by atoms with Crippen molar-refractivity contribution in [3.05, 3.63) is 54.9 Å². The summed E-state index contributed by atoms with van der Waals surface area (Å²) in [6.07, 6.45) is 4.29. The molecule has 1 heterocycles. The van der Waals surface area contributed by atoms with E-state index >= 15 is 0 Å². The largest absolute Gasteiger partial charge is 0.487 e. The maximum atomic E-state index is 11.0. The minimum absolute atomic E-state index is 0.408. The van der Waals surface area contributed by atoms with Gasteiger partial charge in [-0.15, -0.1) is 0 Å². The van der Waals surface area contributed by atoms with E-state index in [0.717, 1.165) is 19.0 Å². The third-order valence-electron chi connectivity index (χ3n) is 2.27. The number of rotatable bonds is 4. The van der Waals surface area contributed by atoms with E-state index in [1.54, 1.807) is 12.4 Å². The maximum Gasteiger partial charge on any atom is 0.153 e. The van der Waals surface area contributed by atoms with E-state index in [1.807, 2.05) is 24.3 Å². The second-order valence-electron chi connectivity index (χ2n) is 3.57. The number of carbonyl (C=O) groups excluding carboxylic acids is 1. The van der Waals surface area contributed by atoms with Crippen LogP contribution in [0.4, 0.5) is 0 Å². The van der Waals surface area contributed by atoms with Crippen molar-refractivity contribution in [2.75, 3.05) is 0 Å². The molecule has 0 spiro atoms. The van der Waals surface area contributed by atoms with Crippen LogP contribution in [0.25, 0.3) is 0 Å². The predicted molar refractivity (Wildman–Crippen MR) is 85.8 cm³/mol. The van der Waals surface area contributed by atoms with Gasteiger partial charge in [0.1, 0.15) is 12.4 Å². The second-order valence-corrected chi connectivity index (χ2v) is 5.98. The quantitative estimate of drug-likeness (QED) is 0.512. The van der Waals surface area contributed by atoms with E-state index in [9.17, 15) is 4.79 Å². The number of nitrogens with zero attached hydrogens (tertiary/aromatic N) is 1. The number of hydrogen-bond donors (Lipinski definition) is 0. The molecule has 0 aliphatic heterocycles. The minimum atomic E-state index is 0.408. The molecule has 2 aromatic rings. The molecule has 1 aromatic carbocycles. The Morgan fingerprint density at radius 1 is 1.33 bits per heavy atom. The molecule has 0 saturated heterocycles. The fourth-order valence-electron chi connectivity index (χ4n) is 1.46. The number of aromatic nitrogens is 1. The van der Waals surface area contributed by atoms with E-state index in [1.165, 1.54) is 0 Å². The zero-order valence-corrected chi connectivity index (χ0v) is 13.6. The zero-order chi connectivity index (χ0) is 13.0. The Morgan fingerprint density at radius 2 is 2.17 bits per heavy atom. The van der Waals surface area contributed by atoms with E-state index in [-0.39, 0.29) is 0 Å².